The first-order valence-electron chi connectivity index (χ1n) is 6.10. The lowest BCUT2D eigenvalue weighted by Gasteiger charge is -2.27. The zero-order valence-corrected chi connectivity index (χ0v) is 11.1. The summed E-state index contributed by atoms with van der Waals surface area (Å²) in [4.78, 5) is 11.8. The molecule has 1 rings (SSSR count). The first-order valence-corrected chi connectivity index (χ1v) is 6.10. The molecule has 0 aromatic rings. The summed E-state index contributed by atoms with van der Waals surface area (Å²) in [7, 11) is 0. The van der Waals surface area contributed by atoms with E-state index in [1.54, 1.807) is 0 Å². The summed E-state index contributed by atoms with van der Waals surface area (Å²) in [6.45, 7) is 12.4. The van der Waals surface area contributed by atoms with Crippen molar-refractivity contribution in [3.8, 4) is 0 Å². The molecule has 2 atom stereocenters. The van der Waals surface area contributed by atoms with Gasteiger partial charge in [-0.1, -0.05) is 27.7 Å². The van der Waals surface area contributed by atoms with E-state index in [0.29, 0.717) is 5.92 Å². The molecule has 0 bridgehead atoms. The molecule has 1 aliphatic heterocycles. The van der Waals surface area contributed by atoms with E-state index in [9.17, 15) is 4.79 Å². The van der Waals surface area contributed by atoms with Gasteiger partial charge in [0.15, 0.2) is 0 Å². The van der Waals surface area contributed by atoms with Gasteiger partial charge in [-0.25, -0.2) is 4.79 Å². The number of amides is 2. The Morgan fingerprint density at radius 2 is 2.00 bits per heavy atom. The standard InChI is InChI=1S/C12H25N3O/c1-8(2)9(3)14-11(16)15-10-6-13-7-12(10,4)5/h8-10,13H,6-7H2,1-5H3,(H2,14,15,16). The van der Waals surface area contributed by atoms with Crippen LogP contribution in [0.2, 0.25) is 0 Å². The molecule has 1 fully saturated rings. The number of hydrogen-bond donors (Lipinski definition) is 3. The van der Waals surface area contributed by atoms with Gasteiger partial charge in [0.05, 0.1) is 0 Å². The van der Waals surface area contributed by atoms with Gasteiger partial charge in [0.1, 0.15) is 0 Å². The van der Waals surface area contributed by atoms with E-state index < -0.39 is 0 Å². The molecule has 4 nitrogen and oxygen atoms in total. The summed E-state index contributed by atoms with van der Waals surface area (Å²) >= 11 is 0. The first kappa shape index (κ1) is 13.3. The van der Waals surface area contributed by atoms with Crippen LogP contribution in [-0.2, 0) is 0 Å². The van der Waals surface area contributed by atoms with Crippen LogP contribution in [0.5, 0.6) is 0 Å². The lowest BCUT2D eigenvalue weighted by Crippen LogP contribution is -2.51. The van der Waals surface area contributed by atoms with Crippen molar-refractivity contribution < 1.29 is 4.79 Å². The molecule has 94 valence electrons. The molecule has 2 unspecified atom stereocenters. The Morgan fingerprint density at radius 1 is 1.38 bits per heavy atom. The van der Waals surface area contributed by atoms with Gasteiger partial charge in [0.25, 0.3) is 0 Å². The smallest absolute Gasteiger partial charge is 0.315 e. The second-order valence-corrected chi connectivity index (χ2v) is 5.82. The monoisotopic (exact) mass is 227 g/mol. The van der Waals surface area contributed by atoms with Gasteiger partial charge in [0, 0.05) is 25.2 Å². The molecule has 0 aromatic heterocycles. The average molecular weight is 227 g/mol. The SMILES string of the molecule is CC(C)C(C)NC(=O)NC1CNCC1(C)C. The molecule has 1 heterocycles. The molecule has 1 aliphatic rings. The van der Waals surface area contributed by atoms with Crippen LogP contribution in [0.25, 0.3) is 0 Å². The fourth-order valence-corrected chi connectivity index (χ4v) is 1.76. The molecule has 0 spiro atoms. The van der Waals surface area contributed by atoms with Crippen LogP contribution >= 0.6 is 0 Å². The van der Waals surface area contributed by atoms with Crippen LogP contribution in [0.1, 0.15) is 34.6 Å². The maximum absolute atomic E-state index is 11.8. The molecule has 0 saturated carbocycles. The maximum atomic E-state index is 11.8. The van der Waals surface area contributed by atoms with Crippen LogP contribution < -0.4 is 16.0 Å². The summed E-state index contributed by atoms with van der Waals surface area (Å²) in [6, 6.07) is 0.368. The lowest BCUT2D eigenvalue weighted by atomic mass is 9.88. The van der Waals surface area contributed by atoms with Crippen LogP contribution in [0.15, 0.2) is 0 Å². The summed E-state index contributed by atoms with van der Waals surface area (Å²) in [6.07, 6.45) is 0. The number of urea groups is 1. The number of carbonyl (C=O) groups excluding carboxylic acids is 1. The Labute approximate surface area is 98.6 Å². The molecule has 3 N–H and O–H groups in total. The van der Waals surface area contributed by atoms with Gasteiger partial charge in [-0.15, -0.1) is 0 Å². The summed E-state index contributed by atoms with van der Waals surface area (Å²) < 4.78 is 0. The molecule has 1 saturated heterocycles. The minimum Gasteiger partial charge on any atom is -0.335 e. The molecule has 2 amide bonds. The Morgan fingerprint density at radius 3 is 2.44 bits per heavy atom. The highest BCUT2D eigenvalue weighted by atomic mass is 16.2. The van der Waals surface area contributed by atoms with Crippen molar-refractivity contribution in [3.63, 3.8) is 0 Å². The Bertz CT molecular complexity index is 251. The highest BCUT2D eigenvalue weighted by Crippen LogP contribution is 2.23. The first-order chi connectivity index (χ1) is 7.33. The van der Waals surface area contributed by atoms with Crippen molar-refractivity contribution in [1.82, 2.24) is 16.0 Å². The van der Waals surface area contributed by atoms with Gasteiger partial charge in [0.2, 0.25) is 0 Å². The van der Waals surface area contributed by atoms with E-state index in [1.165, 1.54) is 0 Å². The summed E-state index contributed by atoms with van der Waals surface area (Å²) in [5.41, 5.74) is 0.137. The number of rotatable bonds is 3. The largest absolute Gasteiger partial charge is 0.335 e. The third kappa shape index (κ3) is 3.37. The minimum absolute atomic E-state index is 0.0528. The highest BCUT2D eigenvalue weighted by Gasteiger charge is 2.35. The average Bonchev–Trinajstić information content (AvgIpc) is 2.45. The van der Waals surface area contributed by atoms with E-state index in [4.69, 9.17) is 0 Å². The number of hydrogen-bond acceptors (Lipinski definition) is 2. The Hall–Kier alpha value is -0.770. The second-order valence-electron chi connectivity index (χ2n) is 5.82. The molecule has 0 radical (unpaired) electrons. The van der Waals surface area contributed by atoms with Crippen molar-refractivity contribution in [2.75, 3.05) is 13.1 Å². The fraction of sp³-hybridized carbons (Fsp3) is 0.917. The van der Waals surface area contributed by atoms with E-state index in [-0.39, 0.29) is 23.5 Å². The summed E-state index contributed by atoms with van der Waals surface area (Å²) in [5.74, 6) is 0.459. The van der Waals surface area contributed by atoms with E-state index in [0.717, 1.165) is 13.1 Å². The molecular formula is C12H25N3O. The topological polar surface area (TPSA) is 53.2 Å². The second kappa shape index (κ2) is 5.04. The van der Waals surface area contributed by atoms with Crippen LogP contribution in [-0.4, -0.2) is 31.2 Å². The van der Waals surface area contributed by atoms with Gasteiger partial charge in [-0.05, 0) is 18.3 Å². The normalized spacial score (nSPS) is 25.5. The minimum atomic E-state index is -0.0528. The maximum Gasteiger partial charge on any atom is 0.315 e. The molecular weight excluding hydrogens is 202 g/mol. The van der Waals surface area contributed by atoms with Crippen LogP contribution in [0.4, 0.5) is 4.79 Å². The van der Waals surface area contributed by atoms with E-state index >= 15 is 0 Å². The lowest BCUT2D eigenvalue weighted by molar-refractivity contribution is 0.220. The zero-order chi connectivity index (χ0) is 12.3. The van der Waals surface area contributed by atoms with Crippen molar-refractivity contribution in [2.45, 2.75) is 46.7 Å². The van der Waals surface area contributed by atoms with Crippen molar-refractivity contribution in [1.29, 1.82) is 0 Å². The van der Waals surface area contributed by atoms with Crippen molar-refractivity contribution in [3.05, 3.63) is 0 Å². The van der Waals surface area contributed by atoms with Crippen molar-refractivity contribution in [2.24, 2.45) is 11.3 Å². The molecule has 0 aromatic carbocycles. The van der Waals surface area contributed by atoms with Gasteiger partial charge in [-0.3, -0.25) is 0 Å². The van der Waals surface area contributed by atoms with Gasteiger partial charge < -0.3 is 16.0 Å². The molecule has 16 heavy (non-hydrogen) atoms. The fourth-order valence-electron chi connectivity index (χ4n) is 1.76. The summed E-state index contributed by atoms with van der Waals surface area (Å²) in [5, 5.41) is 9.31. The Balaban J connectivity index is 2.40. The van der Waals surface area contributed by atoms with E-state index in [2.05, 4.69) is 43.6 Å². The third-order valence-electron chi connectivity index (χ3n) is 3.54. The van der Waals surface area contributed by atoms with Crippen LogP contribution in [0, 0.1) is 11.3 Å². The van der Waals surface area contributed by atoms with Gasteiger partial charge >= 0.3 is 6.03 Å². The van der Waals surface area contributed by atoms with Crippen molar-refractivity contribution >= 4 is 6.03 Å². The predicted octanol–water partition coefficient (Wildman–Crippen LogP) is 1.33. The third-order valence-corrected chi connectivity index (χ3v) is 3.54. The van der Waals surface area contributed by atoms with Crippen LogP contribution in [0.3, 0.4) is 0 Å². The predicted molar refractivity (Wildman–Crippen MR) is 66.4 cm³/mol. The zero-order valence-electron chi connectivity index (χ0n) is 11.1. The highest BCUT2D eigenvalue weighted by molar-refractivity contribution is 5.74. The quantitative estimate of drug-likeness (QED) is 0.681. The molecule has 4 heteroatoms. The molecule has 0 aliphatic carbocycles. The number of carbonyl (C=O) groups is 1. The van der Waals surface area contributed by atoms with E-state index in [1.807, 2.05) is 6.92 Å². The Kier molecular flexibility index (Phi) is 4.19. The van der Waals surface area contributed by atoms with Gasteiger partial charge in [-0.2, -0.15) is 0 Å². The number of nitrogens with one attached hydrogen (secondary N) is 3.